The molecule has 6 nitrogen and oxygen atoms in total. The number of carbonyl (C=O) groups is 3. The number of ketones is 1. The zero-order valence-electron chi connectivity index (χ0n) is 14.7. The van der Waals surface area contributed by atoms with Crippen molar-refractivity contribution in [2.75, 3.05) is 20.1 Å². The fourth-order valence-electron chi connectivity index (χ4n) is 4.19. The van der Waals surface area contributed by atoms with Gasteiger partial charge >= 0.3 is 5.97 Å². The van der Waals surface area contributed by atoms with Crippen LogP contribution >= 0.6 is 0 Å². The number of hydrogen-bond donors (Lipinski definition) is 1. The number of aliphatic carboxylic acids is 1. The number of benzene rings is 1. The summed E-state index contributed by atoms with van der Waals surface area (Å²) in [5.74, 6) is -1.49. The molecule has 0 radical (unpaired) electrons. The molecule has 3 rings (SSSR count). The van der Waals surface area contributed by atoms with Crippen molar-refractivity contribution in [2.24, 2.45) is 5.92 Å². The van der Waals surface area contributed by atoms with E-state index in [9.17, 15) is 19.5 Å². The summed E-state index contributed by atoms with van der Waals surface area (Å²) < 4.78 is 0. The van der Waals surface area contributed by atoms with E-state index >= 15 is 0 Å². The summed E-state index contributed by atoms with van der Waals surface area (Å²) in [4.78, 5) is 38.9. The number of rotatable bonds is 4. The highest BCUT2D eigenvalue weighted by Crippen LogP contribution is 2.42. The molecule has 2 saturated heterocycles. The molecule has 0 aromatic heterocycles. The van der Waals surface area contributed by atoms with E-state index in [1.807, 2.05) is 24.3 Å². The van der Waals surface area contributed by atoms with Crippen LogP contribution in [-0.2, 0) is 16.1 Å². The monoisotopic (exact) mass is 344 g/mol. The van der Waals surface area contributed by atoms with E-state index in [0.29, 0.717) is 18.4 Å². The summed E-state index contributed by atoms with van der Waals surface area (Å²) in [6.45, 7) is 3.84. The number of carboxylic acids is 1. The maximum atomic E-state index is 12.0. The van der Waals surface area contributed by atoms with E-state index in [0.717, 1.165) is 25.2 Å². The minimum atomic E-state index is -0.869. The number of amides is 1. The van der Waals surface area contributed by atoms with Crippen LogP contribution in [0.3, 0.4) is 0 Å². The van der Waals surface area contributed by atoms with E-state index in [2.05, 4.69) is 4.90 Å². The average Bonchev–Trinajstić information content (AvgIpc) is 2.83. The lowest BCUT2D eigenvalue weighted by molar-refractivity contribution is -0.146. The molecule has 1 amide bonds. The predicted molar refractivity (Wildman–Crippen MR) is 92.2 cm³/mol. The molecule has 6 heteroatoms. The van der Waals surface area contributed by atoms with Gasteiger partial charge in [-0.3, -0.25) is 19.3 Å². The van der Waals surface area contributed by atoms with Crippen molar-refractivity contribution in [3.63, 3.8) is 0 Å². The molecule has 1 N–H and O–H groups in total. The third kappa shape index (κ3) is 3.18. The van der Waals surface area contributed by atoms with Crippen LogP contribution in [0, 0.1) is 5.92 Å². The summed E-state index contributed by atoms with van der Waals surface area (Å²) in [6, 6.07) is 7.61. The Kier molecular flexibility index (Phi) is 4.64. The Balaban J connectivity index is 1.66. The van der Waals surface area contributed by atoms with E-state index in [1.54, 1.807) is 18.9 Å². The van der Waals surface area contributed by atoms with Gasteiger partial charge in [0.2, 0.25) is 5.91 Å². The lowest BCUT2D eigenvalue weighted by atomic mass is 9.77. The zero-order chi connectivity index (χ0) is 18.2. The van der Waals surface area contributed by atoms with Crippen molar-refractivity contribution in [1.29, 1.82) is 0 Å². The first-order chi connectivity index (χ1) is 11.8. The maximum absolute atomic E-state index is 12.0. The molecule has 2 heterocycles. The number of likely N-dealkylation sites (tertiary alicyclic amines) is 2. The summed E-state index contributed by atoms with van der Waals surface area (Å²) in [5, 5.41) is 9.52. The Bertz CT molecular complexity index is 690. The predicted octanol–water partition coefficient (Wildman–Crippen LogP) is 1.79. The molecule has 25 heavy (non-hydrogen) atoms. The lowest BCUT2D eigenvalue weighted by Crippen LogP contribution is -2.55. The van der Waals surface area contributed by atoms with Gasteiger partial charge in [-0.2, -0.15) is 0 Å². The van der Waals surface area contributed by atoms with Gasteiger partial charge in [0.25, 0.3) is 0 Å². The van der Waals surface area contributed by atoms with E-state index in [1.165, 1.54) is 0 Å². The topological polar surface area (TPSA) is 77.9 Å². The number of Topliss-reactive ketones (excluding diaryl/α,β-unsaturated/α-hetero) is 1. The highest BCUT2D eigenvalue weighted by molar-refractivity contribution is 5.94. The molecule has 2 aliphatic heterocycles. The van der Waals surface area contributed by atoms with Crippen molar-refractivity contribution in [1.82, 2.24) is 9.80 Å². The quantitative estimate of drug-likeness (QED) is 0.843. The average molecular weight is 344 g/mol. The fraction of sp³-hybridized carbons (Fsp3) is 0.526. The molecule has 2 fully saturated rings. The molecule has 134 valence electrons. The Morgan fingerprint density at radius 2 is 1.80 bits per heavy atom. The summed E-state index contributed by atoms with van der Waals surface area (Å²) in [5.41, 5.74) is 1.29. The summed E-state index contributed by atoms with van der Waals surface area (Å²) in [6.07, 6.45) is 1.47. The molecular weight excluding hydrogens is 320 g/mol. The van der Waals surface area contributed by atoms with Gasteiger partial charge in [-0.25, -0.2) is 0 Å². The van der Waals surface area contributed by atoms with Crippen LogP contribution < -0.4 is 0 Å². The largest absolute Gasteiger partial charge is 0.481 e. The highest BCUT2D eigenvalue weighted by atomic mass is 16.4. The number of carbonyl (C=O) groups excluding carboxylic acids is 2. The van der Waals surface area contributed by atoms with Crippen LogP contribution in [0.15, 0.2) is 24.3 Å². The molecule has 1 spiro atoms. The number of nitrogens with zero attached hydrogens (tertiary/aromatic N) is 2. The number of piperidine rings is 1. The minimum absolute atomic E-state index is 0.0557. The first-order valence-electron chi connectivity index (χ1n) is 8.65. The molecule has 0 bridgehead atoms. The molecular formula is C19H24N2O4. The summed E-state index contributed by atoms with van der Waals surface area (Å²) >= 11 is 0. The Hall–Kier alpha value is -2.21. The molecule has 0 saturated carbocycles. The third-order valence-corrected chi connectivity index (χ3v) is 5.86. The van der Waals surface area contributed by atoms with Crippen LogP contribution in [0.2, 0.25) is 0 Å². The van der Waals surface area contributed by atoms with Crippen molar-refractivity contribution in [3.05, 3.63) is 35.4 Å². The standard InChI is InChI=1S/C19H24N2O4/c1-13(22)15-5-3-14(4-6-15)12-21-9-7-19(8-10-21)16(18(24)25)11-17(23)20(19)2/h3-6,16H,7-12H2,1-2H3,(H,24,25). The number of carboxylic acid groups (broad SMARTS) is 1. The van der Waals surface area contributed by atoms with Crippen molar-refractivity contribution in [3.8, 4) is 0 Å². The van der Waals surface area contributed by atoms with Crippen LogP contribution in [-0.4, -0.2) is 58.2 Å². The van der Waals surface area contributed by atoms with E-state index in [4.69, 9.17) is 0 Å². The van der Waals surface area contributed by atoms with Crippen LogP contribution in [0.25, 0.3) is 0 Å². The van der Waals surface area contributed by atoms with Gasteiger partial charge in [-0.1, -0.05) is 24.3 Å². The Labute approximate surface area is 147 Å². The summed E-state index contributed by atoms with van der Waals surface area (Å²) in [7, 11) is 1.74. The fourth-order valence-corrected chi connectivity index (χ4v) is 4.19. The van der Waals surface area contributed by atoms with Crippen LogP contribution in [0.4, 0.5) is 0 Å². The lowest BCUT2D eigenvalue weighted by Gasteiger charge is -2.45. The molecule has 1 atom stereocenters. The van der Waals surface area contributed by atoms with Crippen LogP contribution in [0.1, 0.15) is 42.1 Å². The van der Waals surface area contributed by atoms with Gasteiger partial charge in [0.05, 0.1) is 11.5 Å². The van der Waals surface area contributed by atoms with Crippen molar-refractivity contribution >= 4 is 17.7 Å². The van der Waals surface area contributed by atoms with Gasteiger partial charge in [0.1, 0.15) is 0 Å². The van der Waals surface area contributed by atoms with Gasteiger partial charge < -0.3 is 10.0 Å². The Morgan fingerprint density at radius 3 is 2.32 bits per heavy atom. The maximum Gasteiger partial charge on any atom is 0.309 e. The second-order valence-electron chi connectivity index (χ2n) is 7.18. The molecule has 0 aliphatic carbocycles. The van der Waals surface area contributed by atoms with Crippen molar-refractivity contribution in [2.45, 2.75) is 38.3 Å². The number of hydrogen-bond acceptors (Lipinski definition) is 4. The molecule has 1 aromatic carbocycles. The third-order valence-electron chi connectivity index (χ3n) is 5.86. The highest BCUT2D eigenvalue weighted by Gasteiger charge is 2.55. The minimum Gasteiger partial charge on any atom is -0.481 e. The van der Waals surface area contributed by atoms with E-state index in [-0.39, 0.29) is 18.1 Å². The van der Waals surface area contributed by atoms with Gasteiger partial charge in [0.15, 0.2) is 5.78 Å². The van der Waals surface area contributed by atoms with Gasteiger partial charge in [-0.05, 0) is 25.3 Å². The molecule has 2 aliphatic rings. The molecule has 1 unspecified atom stereocenters. The smallest absolute Gasteiger partial charge is 0.309 e. The Morgan fingerprint density at radius 1 is 1.20 bits per heavy atom. The first kappa shape index (κ1) is 17.6. The first-order valence-corrected chi connectivity index (χ1v) is 8.65. The molecule has 1 aromatic rings. The van der Waals surface area contributed by atoms with E-state index < -0.39 is 17.4 Å². The normalized spacial score (nSPS) is 23.2. The van der Waals surface area contributed by atoms with Crippen LogP contribution in [0.5, 0.6) is 0 Å². The van der Waals surface area contributed by atoms with Crippen molar-refractivity contribution < 1.29 is 19.5 Å². The van der Waals surface area contributed by atoms with Gasteiger partial charge in [0, 0.05) is 38.7 Å². The van der Waals surface area contributed by atoms with Gasteiger partial charge in [-0.15, -0.1) is 0 Å². The zero-order valence-corrected chi connectivity index (χ0v) is 14.7. The SMILES string of the molecule is CC(=O)c1ccc(CN2CCC3(CC2)C(C(=O)O)CC(=O)N3C)cc1. The second kappa shape index (κ2) is 6.59. The second-order valence-corrected chi connectivity index (χ2v) is 7.18.